The summed E-state index contributed by atoms with van der Waals surface area (Å²) in [6.07, 6.45) is 0.650. The maximum atomic E-state index is 14.4. The van der Waals surface area contributed by atoms with Crippen LogP contribution in [0.1, 0.15) is 65.0 Å². The molecule has 8 rings (SSSR count). The van der Waals surface area contributed by atoms with Crippen molar-refractivity contribution in [3.8, 4) is 0 Å². The van der Waals surface area contributed by atoms with Gasteiger partial charge in [-0.15, -0.1) is 0 Å². The highest BCUT2D eigenvalue weighted by Gasteiger charge is 2.43. The summed E-state index contributed by atoms with van der Waals surface area (Å²) in [6.45, 7) is 1.97. The third-order valence-corrected chi connectivity index (χ3v) is 8.92. The first-order chi connectivity index (χ1) is 23.4. The zero-order chi connectivity index (χ0) is 32.9. The Morgan fingerprint density at radius 1 is 0.479 bits per heavy atom. The lowest BCUT2D eigenvalue weighted by Crippen LogP contribution is -2.29. The molecule has 0 aliphatic heterocycles. The van der Waals surface area contributed by atoms with Crippen molar-refractivity contribution < 1.29 is 28.7 Å². The summed E-state index contributed by atoms with van der Waals surface area (Å²) in [4.78, 5) is 56.3. The summed E-state index contributed by atoms with van der Waals surface area (Å²) in [5.74, 6) is -2.50. The molecule has 6 heteroatoms. The fraction of sp³-hybridized carbons (Fsp3) is 0.0476. The predicted octanol–water partition coefficient (Wildman–Crippen LogP) is 8.78. The molecule has 0 bridgehead atoms. The normalized spacial score (nSPS) is 13.7. The van der Waals surface area contributed by atoms with E-state index in [0.717, 1.165) is 27.1 Å². The van der Waals surface area contributed by atoms with Gasteiger partial charge in [-0.2, -0.15) is 0 Å². The molecule has 0 amide bonds. The number of carbonyl (C=O) groups is 4. The topological polar surface area (TPSA) is 86.7 Å². The zero-order valence-electron chi connectivity index (χ0n) is 25.8. The molecule has 0 spiro atoms. The van der Waals surface area contributed by atoms with Crippen LogP contribution in [0.5, 0.6) is 0 Å². The number of hydrogen-bond acceptors (Lipinski definition) is 6. The van der Waals surface area contributed by atoms with Crippen LogP contribution in [0.2, 0.25) is 0 Å². The molecular weight excluding hydrogens is 600 g/mol. The van der Waals surface area contributed by atoms with Crippen molar-refractivity contribution in [1.29, 1.82) is 0 Å². The average Bonchev–Trinajstić information content (AvgIpc) is 3.13. The number of fused-ring (bicyclic) bond motifs is 5. The van der Waals surface area contributed by atoms with Gasteiger partial charge in [-0.3, -0.25) is 9.59 Å². The van der Waals surface area contributed by atoms with Crippen LogP contribution in [0.15, 0.2) is 139 Å². The molecule has 0 aromatic heterocycles. The number of Topliss-reactive ketones (excluding diaryl/α,β-unsaturated/α-hetero) is 2. The predicted molar refractivity (Wildman–Crippen MR) is 183 cm³/mol. The Kier molecular flexibility index (Phi) is 6.92. The standard InChI is InChI=1S/C42H26O6/c1-2-24-15-20-32-34(21-24)40(48-42(46)30-19-17-26-10-4-6-12-28(26)23-30)36-35(38(32)44)39(33-14-8-7-13-31(33)37(36)43)47-41(45)29-18-16-25-9-3-5-11-27(25)22-29/h3-23H,2H2,1H3. The van der Waals surface area contributed by atoms with Gasteiger partial charge in [0.25, 0.3) is 0 Å². The SMILES string of the molecule is CCc1ccc2c(c1)C(OC(=O)c1ccc3ccccc3c1)=C1C(=O)c3ccccc3C(OC(=O)c3ccc4ccccc4c3)=C1C2=O. The van der Waals surface area contributed by atoms with E-state index in [2.05, 4.69) is 0 Å². The number of esters is 2. The van der Waals surface area contributed by atoms with Gasteiger partial charge in [-0.25, -0.2) is 9.59 Å². The van der Waals surface area contributed by atoms with Gasteiger partial charge in [0.1, 0.15) is 0 Å². The first-order valence-electron chi connectivity index (χ1n) is 15.6. The summed E-state index contributed by atoms with van der Waals surface area (Å²) in [5.41, 5.74) is 2.31. The molecule has 2 aliphatic carbocycles. The highest BCUT2D eigenvalue weighted by molar-refractivity contribution is 6.34. The fourth-order valence-electron chi connectivity index (χ4n) is 6.42. The number of allylic oxidation sites excluding steroid dienone is 2. The van der Waals surface area contributed by atoms with Crippen LogP contribution in [-0.4, -0.2) is 23.5 Å². The third kappa shape index (κ3) is 4.74. The summed E-state index contributed by atoms with van der Waals surface area (Å²) in [7, 11) is 0. The van der Waals surface area contributed by atoms with Crippen molar-refractivity contribution in [2.75, 3.05) is 0 Å². The van der Waals surface area contributed by atoms with Crippen LogP contribution in [0.3, 0.4) is 0 Å². The van der Waals surface area contributed by atoms with E-state index in [9.17, 15) is 19.2 Å². The Balaban J connectivity index is 1.32. The monoisotopic (exact) mass is 626 g/mol. The molecule has 0 saturated heterocycles. The quantitative estimate of drug-likeness (QED) is 0.178. The molecule has 0 saturated carbocycles. The minimum atomic E-state index is -0.693. The molecule has 48 heavy (non-hydrogen) atoms. The van der Waals surface area contributed by atoms with E-state index < -0.39 is 23.5 Å². The summed E-state index contributed by atoms with van der Waals surface area (Å²) in [6, 6.07) is 37.6. The molecule has 0 radical (unpaired) electrons. The molecular formula is C42H26O6. The Labute approximate surface area is 275 Å². The molecule has 0 N–H and O–H groups in total. The molecule has 6 aromatic rings. The Hall–Kier alpha value is -6.40. The van der Waals surface area contributed by atoms with E-state index in [1.165, 1.54) is 0 Å². The molecule has 0 heterocycles. The van der Waals surface area contributed by atoms with Crippen molar-refractivity contribution in [1.82, 2.24) is 0 Å². The zero-order valence-corrected chi connectivity index (χ0v) is 25.8. The molecule has 230 valence electrons. The number of ketones is 2. The molecule has 0 atom stereocenters. The number of aryl methyl sites for hydroxylation is 1. The van der Waals surface area contributed by atoms with Gasteiger partial charge in [-0.05, 0) is 63.9 Å². The number of hydrogen-bond donors (Lipinski definition) is 0. The first kappa shape index (κ1) is 29.0. The van der Waals surface area contributed by atoms with Gasteiger partial charge in [0.2, 0.25) is 0 Å². The Morgan fingerprint density at radius 3 is 1.48 bits per heavy atom. The van der Waals surface area contributed by atoms with Crippen LogP contribution in [0.4, 0.5) is 0 Å². The van der Waals surface area contributed by atoms with E-state index in [4.69, 9.17) is 9.47 Å². The fourth-order valence-corrected chi connectivity index (χ4v) is 6.42. The summed E-state index contributed by atoms with van der Waals surface area (Å²) in [5, 5.41) is 3.61. The lowest BCUT2D eigenvalue weighted by Gasteiger charge is -2.29. The van der Waals surface area contributed by atoms with Gasteiger partial charge in [0.15, 0.2) is 23.1 Å². The van der Waals surface area contributed by atoms with E-state index in [-0.39, 0.29) is 44.9 Å². The molecule has 0 unspecified atom stereocenters. The minimum Gasteiger partial charge on any atom is -0.421 e. The summed E-state index contributed by atoms with van der Waals surface area (Å²) >= 11 is 0. The molecule has 6 nitrogen and oxygen atoms in total. The number of benzene rings is 6. The lowest BCUT2D eigenvalue weighted by atomic mass is 9.76. The molecule has 6 aromatic carbocycles. The summed E-state index contributed by atoms with van der Waals surface area (Å²) < 4.78 is 12.2. The largest absolute Gasteiger partial charge is 0.421 e. The van der Waals surface area contributed by atoms with E-state index in [0.29, 0.717) is 17.5 Å². The van der Waals surface area contributed by atoms with Crippen LogP contribution < -0.4 is 0 Å². The van der Waals surface area contributed by atoms with Gasteiger partial charge in [0.05, 0.1) is 22.3 Å². The second-order valence-corrected chi connectivity index (χ2v) is 11.7. The van der Waals surface area contributed by atoms with Crippen molar-refractivity contribution in [3.05, 3.63) is 177 Å². The maximum Gasteiger partial charge on any atom is 0.343 e. The van der Waals surface area contributed by atoms with E-state index >= 15 is 0 Å². The highest BCUT2D eigenvalue weighted by Crippen LogP contribution is 2.45. The highest BCUT2D eigenvalue weighted by atomic mass is 16.5. The van der Waals surface area contributed by atoms with Crippen molar-refractivity contribution in [3.63, 3.8) is 0 Å². The lowest BCUT2D eigenvalue weighted by molar-refractivity contribution is 0.0672. The van der Waals surface area contributed by atoms with Gasteiger partial charge in [-0.1, -0.05) is 104 Å². The minimum absolute atomic E-state index is 0.0492. The Bertz CT molecular complexity index is 2460. The van der Waals surface area contributed by atoms with Crippen molar-refractivity contribution in [2.24, 2.45) is 0 Å². The number of rotatable bonds is 5. The third-order valence-electron chi connectivity index (χ3n) is 8.92. The van der Waals surface area contributed by atoms with Crippen molar-refractivity contribution >= 4 is 56.6 Å². The molecule has 2 aliphatic rings. The van der Waals surface area contributed by atoms with E-state index in [1.54, 1.807) is 60.7 Å². The first-order valence-corrected chi connectivity index (χ1v) is 15.6. The van der Waals surface area contributed by atoms with Crippen molar-refractivity contribution in [2.45, 2.75) is 13.3 Å². The average molecular weight is 627 g/mol. The smallest absolute Gasteiger partial charge is 0.343 e. The van der Waals surface area contributed by atoms with Crippen LogP contribution >= 0.6 is 0 Å². The van der Waals surface area contributed by atoms with Crippen LogP contribution in [0.25, 0.3) is 33.1 Å². The number of ether oxygens (including phenoxy) is 2. The van der Waals surface area contributed by atoms with E-state index in [1.807, 2.05) is 73.7 Å². The Morgan fingerprint density at radius 2 is 0.938 bits per heavy atom. The van der Waals surface area contributed by atoms with Crippen LogP contribution in [0, 0.1) is 0 Å². The van der Waals surface area contributed by atoms with Gasteiger partial charge in [0, 0.05) is 22.3 Å². The van der Waals surface area contributed by atoms with Crippen LogP contribution in [-0.2, 0) is 15.9 Å². The van der Waals surface area contributed by atoms with Gasteiger partial charge < -0.3 is 9.47 Å². The van der Waals surface area contributed by atoms with Gasteiger partial charge >= 0.3 is 11.9 Å². The number of carbonyl (C=O) groups excluding carboxylic acids is 4. The molecule has 0 fully saturated rings. The second-order valence-electron chi connectivity index (χ2n) is 11.7. The maximum absolute atomic E-state index is 14.4. The second kappa shape index (κ2) is 11.4.